The van der Waals surface area contributed by atoms with Gasteiger partial charge in [0.1, 0.15) is 5.65 Å². The van der Waals surface area contributed by atoms with Crippen molar-refractivity contribution < 1.29 is 9.47 Å². The summed E-state index contributed by atoms with van der Waals surface area (Å²) in [6, 6.07) is 12.9. The summed E-state index contributed by atoms with van der Waals surface area (Å²) < 4.78 is 12.2. The number of ether oxygens (including phenoxy) is 2. The highest BCUT2D eigenvalue weighted by Crippen LogP contribution is 2.32. The first-order valence-corrected chi connectivity index (χ1v) is 7.36. The third-order valence-electron chi connectivity index (χ3n) is 3.70. The lowest BCUT2D eigenvalue weighted by molar-refractivity contribution is 0.174. The Hall–Kier alpha value is -2.86. The molecule has 0 saturated carbocycles. The summed E-state index contributed by atoms with van der Waals surface area (Å²) in [4.78, 5) is 16.5. The van der Waals surface area contributed by atoms with Crippen LogP contribution < -0.4 is 20.3 Å². The molecule has 116 valence electrons. The molecule has 1 aliphatic heterocycles. The molecule has 0 fully saturated rings. The summed E-state index contributed by atoms with van der Waals surface area (Å²) in [6.07, 6.45) is 1.72. The second-order valence-corrected chi connectivity index (χ2v) is 5.31. The maximum Gasteiger partial charge on any atom is 0.258 e. The minimum atomic E-state index is -0.0736. The Kier molecular flexibility index (Phi) is 3.44. The van der Waals surface area contributed by atoms with E-state index in [9.17, 15) is 4.79 Å². The molecule has 0 radical (unpaired) electrons. The standard InChI is InChI=1S/C17H15N3O3/c21-17-8-13(19-16-3-1-2-6-20(16)17)10-18-9-12-4-5-14-15(7-12)23-11-22-14/h1-8,18H,9-11H2. The van der Waals surface area contributed by atoms with Crippen LogP contribution in [0.4, 0.5) is 0 Å². The van der Waals surface area contributed by atoms with Crippen LogP contribution in [0.15, 0.2) is 53.5 Å². The van der Waals surface area contributed by atoms with Crippen molar-refractivity contribution in [1.29, 1.82) is 0 Å². The minimum absolute atomic E-state index is 0.0736. The van der Waals surface area contributed by atoms with Gasteiger partial charge in [0.2, 0.25) is 6.79 Å². The molecule has 0 unspecified atom stereocenters. The molecule has 3 aromatic rings. The molecule has 4 rings (SSSR count). The summed E-state index contributed by atoms with van der Waals surface area (Å²) in [6.45, 7) is 1.46. The van der Waals surface area contributed by atoms with E-state index in [1.54, 1.807) is 12.3 Å². The van der Waals surface area contributed by atoms with Gasteiger partial charge in [0.25, 0.3) is 5.56 Å². The first-order chi connectivity index (χ1) is 11.3. The van der Waals surface area contributed by atoms with E-state index < -0.39 is 0 Å². The molecule has 2 aromatic heterocycles. The van der Waals surface area contributed by atoms with Gasteiger partial charge in [-0.2, -0.15) is 0 Å². The van der Waals surface area contributed by atoms with Crippen LogP contribution in [0.5, 0.6) is 11.5 Å². The monoisotopic (exact) mass is 309 g/mol. The fourth-order valence-corrected chi connectivity index (χ4v) is 2.58. The lowest BCUT2D eigenvalue weighted by atomic mass is 10.2. The Morgan fingerprint density at radius 3 is 2.96 bits per heavy atom. The van der Waals surface area contributed by atoms with Gasteiger partial charge in [-0.3, -0.25) is 9.20 Å². The molecule has 0 atom stereocenters. The van der Waals surface area contributed by atoms with Crippen LogP contribution in [0.3, 0.4) is 0 Å². The number of fused-ring (bicyclic) bond motifs is 2. The summed E-state index contributed by atoms with van der Waals surface area (Å²) in [7, 11) is 0. The Morgan fingerprint density at radius 2 is 2.00 bits per heavy atom. The smallest absolute Gasteiger partial charge is 0.258 e. The quantitative estimate of drug-likeness (QED) is 0.795. The van der Waals surface area contributed by atoms with E-state index in [1.165, 1.54) is 4.40 Å². The average Bonchev–Trinajstić information content (AvgIpc) is 3.03. The van der Waals surface area contributed by atoms with Crippen LogP contribution in [0.2, 0.25) is 0 Å². The number of rotatable bonds is 4. The van der Waals surface area contributed by atoms with Gasteiger partial charge in [0.05, 0.1) is 5.69 Å². The van der Waals surface area contributed by atoms with Gasteiger partial charge in [0, 0.05) is 25.4 Å². The van der Waals surface area contributed by atoms with Gasteiger partial charge < -0.3 is 14.8 Å². The molecule has 1 aliphatic rings. The van der Waals surface area contributed by atoms with Gasteiger partial charge in [0.15, 0.2) is 11.5 Å². The fourth-order valence-electron chi connectivity index (χ4n) is 2.58. The molecule has 1 aromatic carbocycles. The van der Waals surface area contributed by atoms with Crippen LogP contribution in [0.25, 0.3) is 5.65 Å². The Labute approximate surface area is 132 Å². The highest BCUT2D eigenvalue weighted by molar-refractivity contribution is 5.44. The summed E-state index contributed by atoms with van der Waals surface area (Å²) in [5.74, 6) is 1.55. The minimum Gasteiger partial charge on any atom is -0.454 e. The number of nitrogens with one attached hydrogen (secondary N) is 1. The van der Waals surface area contributed by atoms with Crippen molar-refractivity contribution in [2.24, 2.45) is 0 Å². The molecule has 3 heterocycles. The number of pyridine rings is 1. The number of aromatic nitrogens is 2. The zero-order chi connectivity index (χ0) is 15.6. The molecule has 6 heteroatoms. The van der Waals surface area contributed by atoms with E-state index >= 15 is 0 Å². The van der Waals surface area contributed by atoms with Crippen LogP contribution in [0, 0.1) is 0 Å². The molecular formula is C17H15N3O3. The zero-order valence-corrected chi connectivity index (χ0v) is 12.4. The van der Waals surface area contributed by atoms with Crippen molar-refractivity contribution in [1.82, 2.24) is 14.7 Å². The SMILES string of the molecule is O=c1cc(CNCc2ccc3c(c2)OCO3)nc2ccccn12. The molecule has 23 heavy (non-hydrogen) atoms. The molecular weight excluding hydrogens is 294 g/mol. The van der Waals surface area contributed by atoms with Gasteiger partial charge in [-0.25, -0.2) is 4.98 Å². The van der Waals surface area contributed by atoms with E-state index in [-0.39, 0.29) is 12.4 Å². The van der Waals surface area contributed by atoms with E-state index in [2.05, 4.69) is 10.3 Å². The lowest BCUT2D eigenvalue weighted by Crippen LogP contribution is -2.19. The molecule has 0 spiro atoms. The molecule has 1 N–H and O–H groups in total. The molecule has 0 saturated heterocycles. The maximum absolute atomic E-state index is 12.0. The second-order valence-electron chi connectivity index (χ2n) is 5.31. The maximum atomic E-state index is 12.0. The highest BCUT2D eigenvalue weighted by Gasteiger charge is 2.12. The van der Waals surface area contributed by atoms with Crippen LogP contribution in [-0.4, -0.2) is 16.2 Å². The van der Waals surface area contributed by atoms with Crippen molar-refractivity contribution in [2.45, 2.75) is 13.1 Å². The molecule has 6 nitrogen and oxygen atoms in total. The summed E-state index contributed by atoms with van der Waals surface area (Å²) in [5.41, 5.74) is 2.39. The van der Waals surface area contributed by atoms with E-state index in [0.717, 1.165) is 22.8 Å². The van der Waals surface area contributed by atoms with Crippen molar-refractivity contribution in [2.75, 3.05) is 6.79 Å². The third-order valence-corrected chi connectivity index (χ3v) is 3.70. The highest BCUT2D eigenvalue weighted by atomic mass is 16.7. The Balaban J connectivity index is 1.46. The van der Waals surface area contributed by atoms with Crippen molar-refractivity contribution in [3.63, 3.8) is 0 Å². The van der Waals surface area contributed by atoms with Crippen LogP contribution in [-0.2, 0) is 13.1 Å². The lowest BCUT2D eigenvalue weighted by Gasteiger charge is -2.07. The van der Waals surface area contributed by atoms with Gasteiger partial charge in [-0.15, -0.1) is 0 Å². The first-order valence-electron chi connectivity index (χ1n) is 7.36. The van der Waals surface area contributed by atoms with E-state index in [4.69, 9.17) is 9.47 Å². The number of hydrogen-bond acceptors (Lipinski definition) is 5. The first kappa shape index (κ1) is 13.8. The van der Waals surface area contributed by atoms with Crippen molar-refractivity contribution in [3.05, 3.63) is 70.3 Å². The van der Waals surface area contributed by atoms with Crippen LogP contribution in [0.1, 0.15) is 11.3 Å². The fraction of sp³-hybridized carbons (Fsp3) is 0.176. The summed E-state index contributed by atoms with van der Waals surface area (Å²) in [5, 5.41) is 3.29. The number of hydrogen-bond donors (Lipinski definition) is 1. The molecule has 0 bridgehead atoms. The average molecular weight is 309 g/mol. The molecule has 0 aliphatic carbocycles. The van der Waals surface area contributed by atoms with Gasteiger partial charge >= 0.3 is 0 Å². The van der Waals surface area contributed by atoms with Gasteiger partial charge in [-0.05, 0) is 29.8 Å². The van der Waals surface area contributed by atoms with E-state index in [1.807, 2.05) is 36.4 Å². The summed E-state index contributed by atoms with van der Waals surface area (Å²) >= 11 is 0. The predicted octanol–water partition coefficient (Wildman–Crippen LogP) is 1.71. The largest absolute Gasteiger partial charge is 0.454 e. The normalized spacial score (nSPS) is 12.7. The second kappa shape index (κ2) is 5.73. The Bertz CT molecular complexity index is 920. The Morgan fingerprint density at radius 1 is 1.09 bits per heavy atom. The topological polar surface area (TPSA) is 64.9 Å². The van der Waals surface area contributed by atoms with Crippen molar-refractivity contribution in [3.8, 4) is 11.5 Å². The third kappa shape index (κ3) is 2.76. The molecule has 0 amide bonds. The number of nitrogens with zero attached hydrogens (tertiary/aromatic N) is 2. The van der Waals surface area contributed by atoms with E-state index in [0.29, 0.717) is 18.7 Å². The predicted molar refractivity (Wildman–Crippen MR) is 84.6 cm³/mol. The zero-order valence-electron chi connectivity index (χ0n) is 12.4. The van der Waals surface area contributed by atoms with Crippen molar-refractivity contribution >= 4 is 5.65 Å². The number of benzene rings is 1. The van der Waals surface area contributed by atoms with Crippen LogP contribution >= 0.6 is 0 Å². The van der Waals surface area contributed by atoms with Gasteiger partial charge in [-0.1, -0.05) is 12.1 Å².